The van der Waals surface area contributed by atoms with Crippen LogP contribution in [0.1, 0.15) is 50.1 Å². The number of carbonyl (C=O) groups excluding carboxylic acids is 1. The van der Waals surface area contributed by atoms with Crippen LogP contribution in [-0.2, 0) is 9.63 Å². The number of fused-ring (bicyclic) bond motifs is 5. The van der Waals surface area contributed by atoms with Gasteiger partial charge in [-0.25, -0.2) is 5.06 Å². The Morgan fingerprint density at radius 3 is 2.41 bits per heavy atom. The maximum atomic E-state index is 14.1. The topological polar surface area (TPSA) is 38.8 Å². The minimum absolute atomic E-state index is 0.0228. The summed E-state index contributed by atoms with van der Waals surface area (Å²) in [5.74, 6) is 3.67. The monoisotopic (exact) mass is 389 g/mol. The van der Waals surface area contributed by atoms with Crippen molar-refractivity contribution in [3.05, 3.63) is 42.0 Å². The van der Waals surface area contributed by atoms with E-state index in [0.29, 0.717) is 13.2 Å². The predicted octanol–water partition coefficient (Wildman–Crippen LogP) is 4.88. The van der Waals surface area contributed by atoms with Crippen LogP contribution in [0.15, 0.2) is 36.4 Å². The van der Waals surface area contributed by atoms with Gasteiger partial charge < -0.3 is 4.74 Å². The third-order valence-electron chi connectivity index (χ3n) is 8.50. The van der Waals surface area contributed by atoms with Crippen LogP contribution in [0.25, 0.3) is 10.8 Å². The molecule has 8 rings (SSSR count). The summed E-state index contributed by atoms with van der Waals surface area (Å²) in [5.41, 5.74) is 0.974. The number of nitrogens with zero attached hydrogens (tertiary/aromatic N) is 1. The summed E-state index contributed by atoms with van der Waals surface area (Å²) in [7, 11) is 0. The number of benzene rings is 2. The van der Waals surface area contributed by atoms with E-state index in [1.807, 2.05) is 5.06 Å². The Morgan fingerprint density at radius 1 is 0.931 bits per heavy atom. The molecule has 2 atom stereocenters. The van der Waals surface area contributed by atoms with Gasteiger partial charge in [-0.15, -0.1) is 0 Å². The first-order valence-corrected chi connectivity index (χ1v) is 11.3. The van der Waals surface area contributed by atoms with Crippen LogP contribution in [0, 0.1) is 29.1 Å². The van der Waals surface area contributed by atoms with Gasteiger partial charge >= 0.3 is 0 Å². The molecular weight excluding hydrogens is 362 g/mol. The summed E-state index contributed by atoms with van der Waals surface area (Å²) < 4.78 is 6.10. The maximum Gasteiger partial charge on any atom is 0.252 e. The summed E-state index contributed by atoms with van der Waals surface area (Å²) >= 11 is 0. The Labute approximate surface area is 171 Å². The molecule has 2 aromatic carbocycles. The third kappa shape index (κ3) is 2.27. The molecule has 2 aromatic rings. The minimum Gasteiger partial charge on any atom is -0.493 e. The van der Waals surface area contributed by atoms with Gasteiger partial charge in [0.2, 0.25) is 0 Å². The van der Waals surface area contributed by atoms with Crippen LogP contribution in [-0.4, -0.2) is 24.2 Å². The number of hydrogen-bond donors (Lipinski definition) is 0. The van der Waals surface area contributed by atoms with Gasteiger partial charge in [0.05, 0.1) is 24.7 Å². The minimum atomic E-state index is -0.174. The quantitative estimate of drug-likeness (QED) is 0.698. The van der Waals surface area contributed by atoms with Crippen molar-refractivity contribution in [3.63, 3.8) is 0 Å². The van der Waals surface area contributed by atoms with Crippen LogP contribution in [0.2, 0.25) is 0 Å². The Hall–Kier alpha value is -2.07. The van der Waals surface area contributed by atoms with Gasteiger partial charge in [0.25, 0.3) is 5.91 Å². The van der Waals surface area contributed by atoms with Gasteiger partial charge in [-0.3, -0.25) is 9.63 Å². The van der Waals surface area contributed by atoms with Crippen molar-refractivity contribution < 1.29 is 14.4 Å². The summed E-state index contributed by atoms with van der Waals surface area (Å²) in [5, 5.41) is 4.20. The van der Waals surface area contributed by atoms with E-state index >= 15 is 0 Å². The number of carbonyl (C=O) groups is 1. The van der Waals surface area contributed by atoms with E-state index in [-0.39, 0.29) is 23.3 Å². The molecule has 29 heavy (non-hydrogen) atoms. The standard InChI is InChI=1S/C25H27NO3/c27-24(25-10-15-7-16(11-25)9-17(8-15)12-25)26-23-19(14-29-26)13-28-21-6-5-18-3-1-2-4-20(18)22(21)23/h1-6,15-17,19,23H,7-14H2. The highest BCUT2D eigenvalue weighted by Gasteiger charge is 2.58. The van der Waals surface area contributed by atoms with E-state index in [1.54, 1.807) is 0 Å². The van der Waals surface area contributed by atoms with E-state index in [4.69, 9.17) is 9.57 Å². The third-order valence-corrected chi connectivity index (χ3v) is 8.50. The molecule has 4 bridgehead atoms. The second-order valence-corrected chi connectivity index (χ2v) is 10.3. The Kier molecular flexibility index (Phi) is 3.31. The van der Waals surface area contributed by atoms with Gasteiger partial charge in [0.1, 0.15) is 5.75 Å². The zero-order chi connectivity index (χ0) is 19.2. The lowest BCUT2D eigenvalue weighted by Gasteiger charge is -2.56. The maximum absolute atomic E-state index is 14.1. The molecule has 2 aliphatic heterocycles. The lowest BCUT2D eigenvalue weighted by atomic mass is 9.49. The number of hydroxylamine groups is 2. The highest BCUT2D eigenvalue weighted by atomic mass is 16.7. The molecule has 4 heteroatoms. The highest BCUT2D eigenvalue weighted by molar-refractivity contribution is 5.90. The van der Waals surface area contributed by atoms with Crippen molar-refractivity contribution in [1.29, 1.82) is 0 Å². The normalized spacial score (nSPS) is 39.3. The van der Waals surface area contributed by atoms with Crippen molar-refractivity contribution >= 4 is 16.7 Å². The number of rotatable bonds is 1. The molecule has 150 valence electrons. The van der Waals surface area contributed by atoms with Gasteiger partial charge in [-0.05, 0) is 73.1 Å². The van der Waals surface area contributed by atoms with Gasteiger partial charge in [-0.2, -0.15) is 0 Å². The largest absolute Gasteiger partial charge is 0.493 e. The van der Waals surface area contributed by atoms with E-state index in [2.05, 4.69) is 36.4 Å². The second kappa shape index (κ2) is 5.75. The molecule has 0 spiro atoms. The zero-order valence-electron chi connectivity index (χ0n) is 16.7. The number of ether oxygens (including phenoxy) is 1. The molecule has 5 fully saturated rings. The van der Waals surface area contributed by atoms with Crippen LogP contribution in [0.5, 0.6) is 5.75 Å². The first-order chi connectivity index (χ1) is 14.2. The molecule has 0 N–H and O–H groups in total. The molecule has 1 amide bonds. The van der Waals surface area contributed by atoms with Crippen molar-refractivity contribution in [1.82, 2.24) is 5.06 Å². The zero-order valence-corrected chi connectivity index (χ0v) is 16.7. The van der Waals surface area contributed by atoms with Crippen molar-refractivity contribution in [2.24, 2.45) is 29.1 Å². The highest BCUT2D eigenvalue weighted by Crippen LogP contribution is 2.61. The van der Waals surface area contributed by atoms with Gasteiger partial charge in [0, 0.05) is 11.5 Å². The molecule has 2 unspecified atom stereocenters. The van der Waals surface area contributed by atoms with Crippen molar-refractivity contribution in [2.45, 2.75) is 44.6 Å². The summed E-state index contributed by atoms with van der Waals surface area (Å²) in [6.45, 7) is 1.20. The molecule has 4 aliphatic carbocycles. The summed E-state index contributed by atoms with van der Waals surface area (Å²) in [4.78, 5) is 20.2. The first kappa shape index (κ1) is 16.7. The van der Waals surface area contributed by atoms with E-state index in [1.165, 1.54) is 30.0 Å². The molecule has 0 aromatic heterocycles. The molecule has 4 nitrogen and oxygen atoms in total. The first-order valence-electron chi connectivity index (χ1n) is 11.3. The second-order valence-electron chi connectivity index (χ2n) is 10.3. The molecule has 4 saturated carbocycles. The molecule has 0 radical (unpaired) electrons. The SMILES string of the molecule is O=C(N1OCC2COc3ccc4ccccc4c3C21)C12CC3CC(CC(C3)C1)C2. The van der Waals surface area contributed by atoms with Gasteiger partial charge in [0.15, 0.2) is 0 Å². The van der Waals surface area contributed by atoms with Gasteiger partial charge in [-0.1, -0.05) is 30.3 Å². The lowest BCUT2D eigenvalue weighted by molar-refractivity contribution is -0.201. The fourth-order valence-corrected chi connectivity index (χ4v) is 7.73. The average Bonchev–Trinajstić information content (AvgIpc) is 3.16. The smallest absolute Gasteiger partial charge is 0.252 e. The Bertz CT molecular complexity index is 979. The average molecular weight is 389 g/mol. The fraction of sp³-hybridized carbons (Fsp3) is 0.560. The van der Waals surface area contributed by atoms with Crippen molar-refractivity contribution in [2.75, 3.05) is 13.2 Å². The molecule has 6 aliphatic rings. The van der Waals surface area contributed by atoms with Crippen LogP contribution in [0.4, 0.5) is 0 Å². The molecule has 1 saturated heterocycles. The summed E-state index contributed by atoms with van der Waals surface area (Å²) in [6.07, 6.45) is 7.28. The van der Waals surface area contributed by atoms with E-state index < -0.39 is 0 Å². The van der Waals surface area contributed by atoms with Crippen LogP contribution >= 0.6 is 0 Å². The molecular formula is C25H27NO3. The fourth-order valence-electron chi connectivity index (χ4n) is 7.73. The van der Waals surface area contributed by atoms with Crippen molar-refractivity contribution in [3.8, 4) is 5.75 Å². The summed E-state index contributed by atoms with van der Waals surface area (Å²) in [6, 6.07) is 12.6. The van der Waals surface area contributed by atoms with Crippen LogP contribution in [0.3, 0.4) is 0 Å². The lowest BCUT2D eigenvalue weighted by Crippen LogP contribution is -2.54. The predicted molar refractivity (Wildman–Crippen MR) is 109 cm³/mol. The Morgan fingerprint density at radius 2 is 1.66 bits per heavy atom. The Balaban J connectivity index is 1.32. The van der Waals surface area contributed by atoms with E-state index in [9.17, 15) is 4.79 Å². The van der Waals surface area contributed by atoms with Crippen LogP contribution < -0.4 is 4.74 Å². The van der Waals surface area contributed by atoms with E-state index in [0.717, 1.165) is 48.3 Å². The number of hydrogen-bond acceptors (Lipinski definition) is 3. The number of amides is 1. The molecule has 2 heterocycles.